The second kappa shape index (κ2) is 5.92. The third kappa shape index (κ3) is 3.48. The van der Waals surface area contributed by atoms with Gasteiger partial charge in [-0.1, -0.05) is 19.1 Å². The van der Waals surface area contributed by atoms with Gasteiger partial charge in [-0.15, -0.1) is 0 Å². The van der Waals surface area contributed by atoms with E-state index in [0.29, 0.717) is 16.5 Å². The van der Waals surface area contributed by atoms with Gasteiger partial charge in [0.25, 0.3) is 0 Å². The molecule has 0 bridgehead atoms. The molecule has 1 aromatic carbocycles. The second-order valence-electron chi connectivity index (χ2n) is 5.02. The number of nitrogens with one attached hydrogen (secondary N) is 1. The fourth-order valence-electron chi connectivity index (χ4n) is 2.55. The van der Waals surface area contributed by atoms with Gasteiger partial charge in [0.2, 0.25) is 0 Å². The Morgan fingerprint density at radius 2 is 2.11 bits per heavy atom. The number of hydrogen-bond acceptors (Lipinski definition) is 4. The second-order valence-corrected chi connectivity index (χ2v) is 7.00. The minimum atomic E-state index is -3.19. The fraction of sp³-hybridized carbons (Fsp3) is 0.571. The lowest BCUT2D eigenvalue weighted by molar-refractivity contribution is 0.0900. The van der Waals surface area contributed by atoms with Crippen LogP contribution in [0.3, 0.4) is 0 Å². The van der Waals surface area contributed by atoms with E-state index in [9.17, 15) is 8.42 Å². The molecule has 0 aliphatic carbocycles. The van der Waals surface area contributed by atoms with Crippen molar-refractivity contribution < 1.29 is 13.2 Å². The summed E-state index contributed by atoms with van der Waals surface area (Å²) in [6.45, 7) is 3.68. The highest BCUT2D eigenvalue weighted by Crippen LogP contribution is 2.26. The number of ether oxygens (including phenoxy) is 1. The molecule has 5 heteroatoms. The van der Waals surface area contributed by atoms with Crippen LogP contribution in [0.1, 0.15) is 19.8 Å². The van der Waals surface area contributed by atoms with Gasteiger partial charge < -0.3 is 10.1 Å². The molecule has 0 spiro atoms. The van der Waals surface area contributed by atoms with E-state index in [0.717, 1.165) is 26.0 Å². The highest BCUT2D eigenvalue weighted by molar-refractivity contribution is 7.90. The van der Waals surface area contributed by atoms with Gasteiger partial charge in [-0.05, 0) is 25.0 Å². The molecule has 19 heavy (non-hydrogen) atoms. The number of hydrogen-bond donors (Lipinski definition) is 1. The molecule has 1 aromatic rings. The Morgan fingerprint density at radius 1 is 1.37 bits per heavy atom. The largest absolute Gasteiger partial charge is 0.384 e. The third-order valence-corrected chi connectivity index (χ3v) is 4.74. The van der Waals surface area contributed by atoms with Gasteiger partial charge in [0.05, 0.1) is 16.7 Å². The van der Waals surface area contributed by atoms with E-state index in [-0.39, 0.29) is 6.10 Å². The van der Waals surface area contributed by atoms with E-state index in [1.165, 1.54) is 6.26 Å². The van der Waals surface area contributed by atoms with Crippen LogP contribution in [0.5, 0.6) is 0 Å². The van der Waals surface area contributed by atoms with Crippen molar-refractivity contribution in [3.05, 3.63) is 24.3 Å². The van der Waals surface area contributed by atoms with Crippen LogP contribution < -0.4 is 5.32 Å². The van der Waals surface area contributed by atoms with Gasteiger partial charge in [-0.25, -0.2) is 8.42 Å². The lowest BCUT2D eigenvalue weighted by Crippen LogP contribution is -2.23. The van der Waals surface area contributed by atoms with Gasteiger partial charge >= 0.3 is 0 Å². The SMILES string of the molecule is CCC1OCCC1CNc1ccccc1S(C)(=O)=O. The molecule has 0 amide bonds. The number of benzene rings is 1. The monoisotopic (exact) mass is 283 g/mol. The zero-order chi connectivity index (χ0) is 13.9. The third-order valence-electron chi connectivity index (χ3n) is 3.59. The Morgan fingerprint density at radius 3 is 2.79 bits per heavy atom. The maximum Gasteiger partial charge on any atom is 0.177 e. The van der Waals surface area contributed by atoms with Gasteiger partial charge in [0.15, 0.2) is 9.84 Å². The molecule has 2 rings (SSSR count). The maximum atomic E-state index is 11.7. The molecule has 1 heterocycles. The van der Waals surface area contributed by atoms with Crippen LogP contribution in [0.15, 0.2) is 29.2 Å². The molecule has 2 atom stereocenters. The van der Waals surface area contributed by atoms with E-state index < -0.39 is 9.84 Å². The lowest BCUT2D eigenvalue weighted by atomic mass is 9.99. The molecule has 1 saturated heterocycles. The summed E-state index contributed by atoms with van der Waals surface area (Å²) in [4.78, 5) is 0.363. The van der Waals surface area contributed by atoms with Crippen LogP contribution in [-0.2, 0) is 14.6 Å². The van der Waals surface area contributed by atoms with Crippen molar-refractivity contribution in [2.45, 2.75) is 30.8 Å². The van der Waals surface area contributed by atoms with Crippen molar-refractivity contribution in [1.82, 2.24) is 0 Å². The summed E-state index contributed by atoms with van der Waals surface area (Å²) in [5.41, 5.74) is 0.687. The maximum absolute atomic E-state index is 11.7. The summed E-state index contributed by atoms with van der Waals surface area (Å²) in [5.74, 6) is 0.456. The van der Waals surface area contributed by atoms with Crippen molar-refractivity contribution in [3.8, 4) is 0 Å². The first-order valence-electron chi connectivity index (χ1n) is 6.67. The summed E-state index contributed by atoms with van der Waals surface area (Å²) < 4.78 is 29.1. The quantitative estimate of drug-likeness (QED) is 0.901. The molecule has 4 nitrogen and oxygen atoms in total. The van der Waals surface area contributed by atoms with Gasteiger partial charge in [0.1, 0.15) is 0 Å². The van der Waals surface area contributed by atoms with Gasteiger partial charge in [-0.3, -0.25) is 0 Å². The molecule has 0 saturated carbocycles. The molecule has 1 aliphatic heterocycles. The average Bonchev–Trinajstić information content (AvgIpc) is 2.83. The number of rotatable bonds is 5. The molecule has 106 valence electrons. The Balaban J connectivity index is 2.08. The van der Waals surface area contributed by atoms with Crippen molar-refractivity contribution in [3.63, 3.8) is 0 Å². The Bertz CT molecular complexity index is 527. The van der Waals surface area contributed by atoms with Crippen LogP contribution in [0.4, 0.5) is 5.69 Å². The lowest BCUT2D eigenvalue weighted by Gasteiger charge is -2.19. The van der Waals surface area contributed by atoms with Gasteiger partial charge in [0, 0.05) is 25.3 Å². The van der Waals surface area contributed by atoms with Crippen LogP contribution in [0.25, 0.3) is 0 Å². The highest BCUT2D eigenvalue weighted by Gasteiger charge is 2.26. The molecular weight excluding hydrogens is 262 g/mol. The van der Waals surface area contributed by atoms with E-state index >= 15 is 0 Å². The van der Waals surface area contributed by atoms with E-state index in [1.807, 2.05) is 12.1 Å². The first-order chi connectivity index (χ1) is 9.02. The smallest absolute Gasteiger partial charge is 0.177 e. The van der Waals surface area contributed by atoms with Crippen LogP contribution >= 0.6 is 0 Å². The average molecular weight is 283 g/mol. The first kappa shape index (κ1) is 14.3. The zero-order valence-electron chi connectivity index (χ0n) is 11.4. The van der Waals surface area contributed by atoms with Crippen molar-refractivity contribution in [1.29, 1.82) is 0 Å². The summed E-state index contributed by atoms with van der Waals surface area (Å²) in [6, 6.07) is 7.04. The first-order valence-corrected chi connectivity index (χ1v) is 8.56. The summed E-state index contributed by atoms with van der Waals surface area (Å²) in [6.07, 6.45) is 3.56. The molecule has 1 fully saturated rings. The van der Waals surface area contributed by atoms with Crippen molar-refractivity contribution in [2.75, 3.05) is 24.7 Å². The van der Waals surface area contributed by atoms with Crippen LogP contribution in [0, 0.1) is 5.92 Å². The summed E-state index contributed by atoms with van der Waals surface area (Å²) >= 11 is 0. The van der Waals surface area contributed by atoms with Crippen molar-refractivity contribution in [2.24, 2.45) is 5.92 Å². The normalized spacial score (nSPS) is 23.5. The van der Waals surface area contributed by atoms with E-state index in [4.69, 9.17) is 4.74 Å². The standard InChI is InChI=1S/C14H21NO3S/c1-3-13-11(8-9-18-13)10-15-12-6-4-5-7-14(12)19(2,16)17/h4-7,11,13,15H,3,8-10H2,1-2H3. The van der Waals surface area contributed by atoms with E-state index in [2.05, 4.69) is 12.2 Å². The molecule has 1 aliphatic rings. The molecular formula is C14H21NO3S. The molecule has 2 unspecified atom stereocenters. The molecule has 1 N–H and O–H groups in total. The molecule has 0 aromatic heterocycles. The predicted octanol–water partition coefficient (Wildman–Crippen LogP) is 2.32. The summed E-state index contributed by atoms with van der Waals surface area (Å²) in [7, 11) is -3.19. The van der Waals surface area contributed by atoms with Crippen LogP contribution in [-0.4, -0.2) is 33.9 Å². The minimum Gasteiger partial charge on any atom is -0.384 e. The zero-order valence-corrected chi connectivity index (χ0v) is 12.2. The number of para-hydroxylation sites is 1. The fourth-order valence-corrected chi connectivity index (χ4v) is 3.42. The minimum absolute atomic E-state index is 0.290. The number of anilines is 1. The Labute approximate surface area is 115 Å². The predicted molar refractivity (Wildman–Crippen MR) is 76.2 cm³/mol. The molecule has 0 radical (unpaired) electrons. The van der Waals surface area contributed by atoms with E-state index in [1.54, 1.807) is 12.1 Å². The van der Waals surface area contributed by atoms with Gasteiger partial charge in [-0.2, -0.15) is 0 Å². The summed E-state index contributed by atoms with van der Waals surface area (Å²) in [5, 5.41) is 3.27. The Hall–Kier alpha value is -1.07. The number of sulfone groups is 1. The topological polar surface area (TPSA) is 55.4 Å². The van der Waals surface area contributed by atoms with Crippen LogP contribution in [0.2, 0.25) is 0 Å². The van der Waals surface area contributed by atoms with Crippen molar-refractivity contribution >= 4 is 15.5 Å². The Kier molecular flexibility index (Phi) is 4.47. The highest BCUT2D eigenvalue weighted by atomic mass is 32.2.